The van der Waals surface area contributed by atoms with Crippen LogP contribution < -0.4 is 5.32 Å². The van der Waals surface area contributed by atoms with Crippen molar-refractivity contribution >= 4 is 0 Å². The minimum Gasteiger partial charge on any atom is -0.377 e. The van der Waals surface area contributed by atoms with Crippen LogP contribution in [-0.2, 0) is 4.74 Å². The molecule has 3 atom stereocenters. The zero-order valence-corrected chi connectivity index (χ0v) is 13.5. The normalized spacial score (nSPS) is 22.9. The maximum Gasteiger partial charge on any atom is 0.0726 e. The molecule has 0 aliphatic carbocycles. The first-order chi connectivity index (χ1) is 9.19. The Bertz CT molecular complexity index is 217. The van der Waals surface area contributed by atoms with Crippen molar-refractivity contribution in [2.24, 2.45) is 0 Å². The molecule has 0 aromatic heterocycles. The standard InChI is InChI=1S/C16H34N2O/c1-5-7-11-18(14(3)6-2)12-10-17-15(4)16-9-8-13-19-16/h14-17H,5-13H2,1-4H3. The fraction of sp³-hybridized carbons (Fsp3) is 1.00. The molecule has 3 unspecified atom stereocenters. The Balaban J connectivity index is 2.22. The Morgan fingerprint density at radius 2 is 2.05 bits per heavy atom. The highest BCUT2D eigenvalue weighted by atomic mass is 16.5. The monoisotopic (exact) mass is 270 g/mol. The summed E-state index contributed by atoms with van der Waals surface area (Å²) in [5.74, 6) is 0. The van der Waals surface area contributed by atoms with Crippen molar-refractivity contribution in [1.82, 2.24) is 10.2 Å². The Kier molecular flexibility index (Phi) is 8.67. The minimum atomic E-state index is 0.438. The van der Waals surface area contributed by atoms with Crippen molar-refractivity contribution in [1.29, 1.82) is 0 Å². The molecule has 114 valence electrons. The topological polar surface area (TPSA) is 24.5 Å². The van der Waals surface area contributed by atoms with Gasteiger partial charge in [0.05, 0.1) is 6.10 Å². The van der Waals surface area contributed by atoms with E-state index in [0.29, 0.717) is 18.2 Å². The summed E-state index contributed by atoms with van der Waals surface area (Å²) >= 11 is 0. The van der Waals surface area contributed by atoms with Crippen molar-refractivity contribution in [3.8, 4) is 0 Å². The van der Waals surface area contributed by atoms with Crippen LogP contribution in [0.5, 0.6) is 0 Å². The third-order valence-corrected chi connectivity index (χ3v) is 4.40. The van der Waals surface area contributed by atoms with Crippen LogP contribution in [0, 0.1) is 0 Å². The molecule has 1 aliphatic rings. The number of rotatable bonds is 10. The highest BCUT2D eigenvalue weighted by Gasteiger charge is 2.22. The van der Waals surface area contributed by atoms with Gasteiger partial charge >= 0.3 is 0 Å². The molecule has 0 spiro atoms. The largest absolute Gasteiger partial charge is 0.377 e. The van der Waals surface area contributed by atoms with Crippen molar-refractivity contribution in [3.05, 3.63) is 0 Å². The number of nitrogens with one attached hydrogen (secondary N) is 1. The number of hydrogen-bond acceptors (Lipinski definition) is 3. The highest BCUT2D eigenvalue weighted by Crippen LogP contribution is 2.15. The first kappa shape index (κ1) is 16.9. The van der Waals surface area contributed by atoms with E-state index in [2.05, 4.69) is 37.9 Å². The lowest BCUT2D eigenvalue weighted by molar-refractivity contribution is 0.0818. The first-order valence-electron chi connectivity index (χ1n) is 8.28. The van der Waals surface area contributed by atoms with Crippen LogP contribution in [0.15, 0.2) is 0 Å². The van der Waals surface area contributed by atoms with Crippen LogP contribution in [0.1, 0.15) is 59.8 Å². The lowest BCUT2D eigenvalue weighted by Crippen LogP contribution is -2.43. The summed E-state index contributed by atoms with van der Waals surface area (Å²) in [6.45, 7) is 13.6. The molecule has 0 amide bonds. The fourth-order valence-electron chi connectivity index (χ4n) is 2.74. The van der Waals surface area contributed by atoms with Gasteiger partial charge in [-0.15, -0.1) is 0 Å². The van der Waals surface area contributed by atoms with E-state index in [-0.39, 0.29) is 0 Å². The third kappa shape index (κ3) is 6.24. The van der Waals surface area contributed by atoms with E-state index in [4.69, 9.17) is 4.74 Å². The van der Waals surface area contributed by atoms with Gasteiger partial charge in [-0.05, 0) is 46.1 Å². The van der Waals surface area contributed by atoms with E-state index < -0.39 is 0 Å². The summed E-state index contributed by atoms with van der Waals surface area (Å²) in [5, 5.41) is 3.64. The minimum absolute atomic E-state index is 0.438. The van der Waals surface area contributed by atoms with Crippen molar-refractivity contribution in [3.63, 3.8) is 0 Å². The number of unbranched alkanes of at least 4 members (excludes halogenated alkanes) is 1. The second kappa shape index (κ2) is 9.73. The summed E-state index contributed by atoms with van der Waals surface area (Å²) in [4.78, 5) is 2.62. The Labute approximate surface area is 120 Å². The molecule has 1 heterocycles. The van der Waals surface area contributed by atoms with Gasteiger partial charge < -0.3 is 10.1 Å². The predicted molar refractivity (Wildman–Crippen MR) is 82.7 cm³/mol. The second-order valence-electron chi connectivity index (χ2n) is 5.94. The van der Waals surface area contributed by atoms with Crippen molar-refractivity contribution in [2.75, 3.05) is 26.2 Å². The van der Waals surface area contributed by atoms with Gasteiger partial charge in [0.15, 0.2) is 0 Å². The summed E-state index contributed by atoms with van der Waals surface area (Å²) in [6, 6.07) is 1.19. The molecule has 1 fully saturated rings. The van der Waals surface area contributed by atoms with Gasteiger partial charge in [0.2, 0.25) is 0 Å². The molecule has 1 rings (SSSR count). The van der Waals surface area contributed by atoms with Crippen LogP contribution in [0.3, 0.4) is 0 Å². The average molecular weight is 270 g/mol. The summed E-state index contributed by atoms with van der Waals surface area (Å²) in [5.41, 5.74) is 0. The van der Waals surface area contributed by atoms with Gasteiger partial charge in [-0.25, -0.2) is 0 Å². The van der Waals surface area contributed by atoms with Gasteiger partial charge in [-0.1, -0.05) is 20.3 Å². The summed E-state index contributed by atoms with van der Waals surface area (Å²) < 4.78 is 5.73. The Hall–Kier alpha value is -0.120. The fourth-order valence-corrected chi connectivity index (χ4v) is 2.74. The van der Waals surface area contributed by atoms with E-state index in [1.54, 1.807) is 0 Å². The van der Waals surface area contributed by atoms with Crippen LogP contribution in [-0.4, -0.2) is 49.3 Å². The molecular weight excluding hydrogens is 236 g/mol. The van der Waals surface area contributed by atoms with E-state index in [1.807, 2.05) is 0 Å². The van der Waals surface area contributed by atoms with Gasteiger partial charge in [-0.2, -0.15) is 0 Å². The zero-order valence-electron chi connectivity index (χ0n) is 13.5. The van der Waals surface area contributed by atoms with Crippen molar-refractivity contribution < 1.29 is 4.74 Å². The summed E-state index contributed by atoms with van der Waals surface area (Å²) in [6.07, 6.45) is 6.72. The summed E-state index contributed by atoms with van der Waals surface area (Å²) in [7, 11) is 0. The van der Waals surface area contributed by atoms with Crippen LogP contribution in [0.25, 0.3) is 0 Å². The molecule has 0 saturated carbocycles. The van der Waals surface area contributed by atoms with E-state index >= 15 is 0 Å². The molecule has 1 saturated heterocycles. The molecule has 19 heavy (non-hydrogen) atoms. The number of ether oxygens (including phenoxy) is 1. The van der Waals surface area contributed by atoms with Gasteiger partial charge in [0, 0.05) is 31.8 Å². The maximum atomic E-state index is 5.73. The van der Waals surface area contributed by atoms with E-state index in [9.17, 15) is 0 Å². The van der Waals surface area contributed by atoms with E-state index in [1.165, 1.54) is 38.6 Å². The Morgan fingerprint density at radius 3 is 2.63 bits per heavy atom. The molecule has 0 bridgehead atoms. The molecule has 3 nitrogen and oxygen atoms in total. The van der Waals surface area contributed by atoms with Crippen LogP contribution >= 0.6 is 0 Å². The molecule has 3 heteroatoms. The highest BCUT2D eigenvalue weighted by molar-refractivity contribution is 4.77. The molecule has 0 aromatic rings. The number of nitrogens with zero attached hydrogens (tertiary/aromatic N) is 1. The van der Waals surface area contributed by atoms with Gasteiger partial charge in [0.25, 0.3) is 0 Å². The smallest absolute Gasteiger partial charge is 0.0726 e. The van der Waals surface area contributed by atoms with E-state index in [0.717, 1.165) is 19.7 Å². The quantitative estimate of drug-likeness (QED) is 0.660. The lowest BCUT2D eigenvalue weighted by atomic mass is 10.1. The second-order valence-corrected chi connectivity index (χ2v) is 5.94. The molecule has 1 aliphatic heterocycles. The zero-order chi connectivity index (χ0) is 14.1. The first-order valence-corrected chi connectivity index (χ1v) is 8.28. The predicted octanol–water partition coefficient (Wildman–Crippen LogP) is 3.04. The van der Waals surface area contributed by atoms with Gasteiger partial charge in [-0.3, -0.25) is 4.90 Å². The Morgan fingerprint density at radius 1 is 1.26 bits per heavy atom. The molecule has 0 aromatic carbocycles. The third-order valence-electron chi connectivity index (χ3n) is 4.40. The average Bonchev–Trinajstić information content (AvgIpc) is 2.95. The van der Waals surface area contributed by atoms with Crippen LogP contribution in [0.2, 0.25) is 0 Å². The lowest BCUT2D eigenvalue weighted by Gasteiger charge is -2.29. The van der Waals surface area contributed by atoms with Gasteiger partial charge in [0.1, 0.15) is 0 Å². The molecule has 0 radical (unpaired) electrons. The SMILES string of the molecule is CCCCN(CCNC(C)C1CCCO1)C(C)CC. The van der Waals surface area contributed by atoms with Crippen molar-refractivity contribution in [2.45, 2.75) is 78.0 Å². The molecule has 1 N–H and O–H groups in total. The maximum absolute atomic E-state index is 5.73. The number of hydrogen-bond donors (Lipinski definition) is 1. The molecular formula is C16H34N2O. The van der Waals surface area contributed by atoms with Crippen LogP contribution in [0.4, 0.5) is 0 Å².